The number of nitrogens with zero attached hydrogens (tertiary/aromatic N) is 1. The highest BCUT2D eigenvalue weighted by Gasteiger charge is 2.52. The van der Waals surface area contributed by atoms with Crippen molar-refractivity contribution in [2.24, 2.45) is 5.92 Å². The fourth-order valence-corrected chi connectivity index (χ4v) is 4.20. The third-order valence-corrected chi connectivity index (χ3v) is 6.00. The molecule has 176 valence electrons. The molecule has 1 fully saturated rings. The summed E-state index contributed by atoms with van der Waals surface area (Å²) in [6, 6.07) is 9.44. The van der Waals surface area contributed by atoms with Crippen LogP contribution >= 0.6 is 0 Å². The van der Waals surface area contributed by atoms with Crippen LogP contribution in [0.25, 0.3) is 0 Å². The summed E-state index contributed by atoms with van der Waals surface area (Å²) in [7, 11) is 8.53. The number of ketones is 2. The maximum atomic E-state index is 13.7. The summed E-state index contributed by atoms with van der Waals surface area (Å²) in [5, 5.41) is 0. The molecular formula is C25H31N2O6+. The van der Waals surface area contributed by atoms with E-state index in [-0.39, 0.29) is 0 Å². The lowest BCUT2D eigenvalue weighted by Gasteiger charge is -2.29. The van der Waals surface area contributed by atoms with Gasteiger partial charge in [0, 0.05) is 11.1 Å². The predicted molar refractivity (Wildman–Crippen MR) is 122 cm³/mol. The molecule has 0 spiro atoms. The van der Waals surface area contributed by atoms with Crippen LogP contribution in [0.1, 0.15) is 27.5 Å². The van der Waals surface area contributed by atoms with Crippen LogP contribution in [0.2, 0.25) is 0 Å². The van der Waals surface area contributed by atoms with Gasteiger partial charge >= 0.3 is 0 Å². The molecule has 1 heterocycles. The van der Waals surface area contributed by atoms with Crippen molar-refractivity contribution in [1.82, 2.24) is 4.90 Å². The van der Waals surface area contributed by atoms with Gasteiger partial charge in [0.05, 0.1) is 54.6 Å². The van der Waals surface area contributed by atoms with E-state index < -0.39 is 29.4 Å². The number of carbonyl (C=O) groups excluding carboxylic acids is 3. The molecular weight excluding hydrogens is 424 g/mol. The van der Waals surface area contributed by atoms with Gasteiger partial charge in [-0.3, -0.25) is 14.4 Å². The lowest BCUT2D eigenvalue weighted by Crippen LogP contribution is -3.06. The van der Waals surface area contributed by atoms with Gasteiger partial charge in [0.1, 0.15) is 23.2 Å². The molecule has 1 aliphatic heterocycles. The van der Waals surface area contributed by atoms with Gasteiger partial charge in [-0.1, -0.05) is 0 Å². The van der Waals surface area contributed by atoms with Crippen LogP contribution in [0.5, 0.6) is 17.2 Å². The van der Waals surface area contributed by atoms with Crippen molar-refractivity contribution < 1.29 is 33.5 Å². The number of likely N-dealkylation sites (tertiary alicyclic amines) is 1. The first kappa shape index (κ1) is 24.3. The second-order valence-corrected chi connectivity index (χ2v) is 8.40. The largest absolute Gasteiger partial charge is 0.497 e. The Morgan fingerprint density at radius 1 is 0.970 bits per heavy atom. The van der Waals surface area contributed by atoms with E-state index in [4.69, 9.17) is 14.2 Å². The number of ether oxygens (including phenoxy) is 3. The van der Waals surface area contributed by atoms with E-state index >= 15 is 0 Å². The molecule has 2 aromatic rings. The Bertz CT molecular complexity index is 1060. The number of Topliss-reactive ketones (excluding diaryl/α,β-unsaturated/α-hetero) is 2. The molecule has 3 rings (SSSR count). The van der Waals surface area contributed by atoms with Crippen LogP contribution in [0, 0.1) is 12.8 Å². The zero-order valence-corrected chi connectivity index (χ0v) is 19.9. The van der Waals surface area contributed by atoms with Gasteiger partial charge in [-0.2, -0.15) is 0 Å². The smallest absolute Gasteiger partial charge is 0.291 e. The SMILES string of the molecule is COc1ccc(C(=O)C2C(=O)C(=O)N(CC[NH+](C)C)C2c2cc(OC)ccc2OC)c(C)c1. The Morgan fingerprint density at radius 3 is 2.18 bits per heavy atom. The van der Waals surface area contributed by atoms with E-state index in [1.165, 1.54) is 19.1 Å². The van der Waals surface area contributed by atoms with Gasteiger partial charge in [0.2, 0.25) is 5.78 Å². The summed E-state index contributed by atoms with van der Waals surface area (Å²) in [6.07, 6.45) is 0. The summed E-state index contributed by atoms with van der Waals surface area (Å²) in [4.78, 5) is 42.7. The normalized spacial score (nSPS) is 18.1. The highest BCUT2D eigenvalue weighted by atomic mass is 16.5. The number of hydrogen-bond donors (Lipinski definition) is 1. The van der Waals surface area contributed by atoms with Crippen molar-refractivity contribution in [3.8, 4) is 17.2 Å². The monoisotopic (exact) mass is 455 g/mol. The molecule has 8 heteroatoms. The second kappa shape index (κ2) is 10.0. The van der Waals surface area contributed by atoms with Crippen molar-refractivity contribution in [3.05, 3.63) is 53.1 Å². The van der Waals surface area contributed by atoms with Gasteiger partial charge < -0.3 is 24.0 Å². The fraction of sp³-hybridized carbons (Fsp3) is 0.400. The maximum absolute atomic E-state index is 13.7. The quantitative estimate of drug-likeness (QED) is 0.346. The molecule has 8 nitrogen and oxygen atoms in total. The van der Waals surface area contributed by atoms with Crippen LogP contribution in [0.15, 0.2) is 36.4 Å². The molecule has 1 saturated heterocycles. The summed E-state index contributed by atoms with van der Waals surface area (Å²) in [5.41, 5.74) is 1.62. The van der Waals surface area contributed by atoms with Gasteiger partial charge in [0.25, 0.3) is 5.91 Å². The van der Waals surface area contributed by atoms with Crippen molar-refractivity contribution in [1.29, 1.82) is 0 Å². The Hall–Kier alpha value is -3.39. The standard InChI is InChI=1S/C25H30N2O6/c1-15-13-16(31-4)7-9-18(15)23(28)21-22(19-14-17(32-5)8-10-20(19)33-6)27(12-11-26(2)3)25(30)24(21)29/h7-10,13-14,21-22H,11-12H2,1-6H3/p+1. The molecule has 0 aromatic heterocycles. The molecule has 0 aliphatic carbocycles. The summed E-state index contributed by atoms with van der Waals surface area (Å²) < 4.78 is 16.2. The van der Waals surface area contributed by atoms with Crippen LogP contribution in [0.3, 0.4) is 0 Å². The third-order valence-electron chi connectivity index (χ3n) is 6.00. The number of methoxy groups -OCH3 is 3. The average molecular weight is 456 g/mol. The molecule has 0 radical (unpaired) electrons. The number of rotatable bonds is 9. The molecule has 0 saturated carbocycles. The number of benzene rings is 2. The summed E-state index contributed by atoms with van der Waals surface area (Å²) >= 11 is 0. The lowest BCUT2D eigenvalue weighted by molar-refractivity contribution is -0.857. The number of hydrogen-bond acceptors (Lipinski definition) is 6. The van der Waals surface area contributed by atoms with E-state index in [1.54, 1.807) is 50.4 Å². The highest BCUT2D eigenvalue weighted by Crippen LogP contribution is 2.43. The number of aryl methyl sites for hydroxylation is 1. The van der Waals surface area contributed by atoms with Gasteiger partial charge in [-0.25, -0.2) is 0 Å². The van der Waals surface area contributed by atoms with Crippen LogP contribution in [-0.2, 0) is 9.59 Å². The molecule has 1 N–H and O–H groups in total. The average Bonchev–Trinajstić information content (AvgIpc) is 3.06. The fourth-order valence-electron chi connectivity index (χ4n) is 4.20. The summed E-state index contributed by atoms with van der Waals surface area (Å²) in [6.45, 7) is 2.72. The molecule has 2 aromatic carbocycles. The second-order valence-electron chi connectivity index (χ2n) is 8.40. The number of likely N-dealkylation sites (N-methyl/N-ethyl adjacent to an activating group) is 1. The zero-order valence-electron chi connectivity index (χ0n) is 19.9. The highest BCUT2D eigenvalue weighted by molar-refractivity contribution is 6.44. The minimum Gasteiger partial charge on any atom is -0.497 e. The van der Waals surface area contributed by atoms with Gasteiger partial charge in [-0.05, 0) is 48.9 Å². The van der Waals surface area contributed by atoms with Gasteiger partial charge in [0.15, 0.2) is 5.78 Å². The molecule has 2 unspecified atom stereocenters. The molecule has 0 bridgehead atoms. The van der Waals surface area contributed by atoms with Crippen LogP contribution in [-0.4, -0.2) is 70.9 Å². The Kier molecular flexibility index (Phi) is 7.38. The number of amides is 1. The first-order valence-electron chi connectivity index (χ1n) is 10.8. The van der Waals surface area contributed by atoms with Crippen molar-refractivity contribution in [2.45, 2.75) is 13.0 Å². The van der Waals surface area contributed by atoms with E-state index in [1.807, 2.05) is 14.1 Å². The van der Waals surface area contributed by atoms with E-state index in [9.17, 15) is 14.4 Å². The van der Waals surface area contributed by atoms with E-state index in [2.05, 4.69) is 0 Å². The third kappa shape index (κ3) is 4.71. The molecule has 33 heavy (non-hydrogen) atoms. The Balaban J connectivity index is 2.15. The van der Waals surface area contributed by atoms with E-state index in [0.29, 0.717) is 47.0 Å². The van der Waals surface area contributed by atoms with Crippen molar-refractivity contribution in [3.63, 3.8) is 0 Å². The van der Waals surface area contributed by atoms with Crippen molar-refractivity contribution in [2.75, 3.05) is 48.5 Å². The number of nitrogens with one attached hydrogen (secondary N) is 1. The number of carbonyl (C=O) groups is 3. The molecule has 1 aliphatic rings. The van der Waals surface area contributed by atoms with Gasteiger partial charge in [-0.15, -0.1) is 0 Å². The first-order valence-corrected chi connectivity index (χ1v) is 10.8. The minimum absolute atomic E-state index is 0.323. The molecule has 1 amide bonds. The first-order chi connectivity index (χ1) is 15.7. The van der Waals surface area contributed by atoms with E-state index in [0.717, 1.165) is 4.90 Å². The maximum Gasteiger partial charge on any atom is 0.291 e. The predicted octanol–water partition coefficient (Wildman–Crippen LogP) is 1.12. The Morgan fingerprint density at radius 2 is 1.61 bits per heavy atom. The topological polar surface area (TPSA) is 86.6 Å². The molecule has 2 atom stereocenters. The lowest BCUT2D eigenvalue weighted by atomic mass is 9.84. The van der Waals surface area contributed by atoms with Crippen LogP contribution < -0.4 is 19.1 Å². The zero-order chi connectivity index (χ0) is 24.3. The Labute approximate surface area is 194 Å². The number of quaternary nitrogens is 1. The van der Waals surface area contributed by atoms with Crippen molar-refractivity contribution >= 4 is 17.5 Å². The summed E-state index contributed by atoms with van der Waals surface area (Å²) in [5.74, 6) is -1.32. The minimum atomic E-state index is -1.19. The van der Waals surface area contributed by atoms with Crippen LogP contribution in [0.4, 0.5) is 0 Å².